The summed E-state index contributed by atoms with van der Waals surface area (Å²) in [6, 6.07) is 15.7. The number of fused-ring (bicyclic) bond motifs is 2. The van der Waals surface area contributed by atoms with Crippen LogP contribution >= 0.6 is 15.9 Å². The number of benzene rings is 2. The molecule has 2 aliphatic rings. The van der Waals surface area contributed by atoms with Crippen molar-refractivity contribution < 1.29 is 4.74 Å². The monoisotopic (exact) mass is 328 g/mol. The standard InChI is InChI=1S/C18H17BrO/c19-18(14-5-6-15-10-20-11-17(15)9-14)16-7-12-3-1-2-4-13(12)8-16/h1-6,9,16,18H,7-8,10-11H2. The maximum Gasteiger partial charge on any atom is 0.0725 e. The third-order valence-electron chi connectivity index (χ3n) is 4.56. The Labute approximate surface area is 128 Å². The smallest absolute Gasteiger partial charge is 0.0725 e. The second-order valence-electron chi connectivity index (χ2n) is 5.86. The number of halogens is 1. The molecule has 4 rings (SSSR count). The fourth-order valence-corrected chi connectivity index (χ4v) is 4.09. The summed E-state index contributed by atoms with van der Waals surface area (Å²) >= 11 is 3.94. The minimum absolute atomic E-state index is 0.431. The summed E-state index contributed by atoms with van der Waals surface area (Å²) in [4.78, 5) is 0.431. The molecule has 0 aromatic heterocycles. The Balaban J connectivity index is 1.58. The zero-order valence-corrected chi connectivity index (χ0v) is 12.9. The van der Waals surface area contributed by atoms with Crippen molar-refractivity contribution in [3.8, 4) is 0 Å². The first-order valence-electron chi connectivity index (χ1n) is 7.21. The Morgan fingerprint density at radius 1 is 0.900 bits per heavy atom. The molecule has 1 aliphatic heterocycles. The van der Waals surface area contributed by atoms with E-state index >= 15 is 0 Å². The molecule has 0 amide bonds. The normalized spacial score (nSPS) is 18.9. The first-order valence-corrected chi connectivity index (χ1v) is 8.13. The van der Waals surface area contributed by atoms with E-state index in [-0.39, 0.29) is 0 Å². The molecule has 0 N–H and O–H groups in total. The summed E-state index contributed by atoms with van der Waals surface area (Å²) in [5.41, 5.74) is 7.15. The highest BCUT2D eigenvalue weighted by Crippen LogP contribution is 2.41. The highest BCUT2D eigenvalue weighted by atomic mass is 79.9. The molecular formula is C18H17BrO. The molecule has 1 heterocycles. The molecule has 2 heteroatoms. The Morgan fingerprint density at radius 3 is 2.35 bits per heavy atom. The van der Waals surface area contributed by atoms with Crippen molar-refractivity contribution in [2.45, 2.75) is 30.9 Å². The molecule has 20 heavy (non-hydrogen) atoms. The minimum atomic E-state index is 0.431. The van der Waals surface area contributed by atoms with E-state index in [0.717, 1.165) is 13.2 Å². The molecule has 0 saturated carbocycles. The minimum Gasteiger partial charge on any atom is -0.372 e. The van der Waals surface area contributed by atoms with Gasteiger partial charge in [0.15, 0.2) is 0 Å². The van der Waals surface area contributed by atoms with Crippen LogP contribution in [0.1, 0.15) is 32.6 Å². The van der Waals surface area contributed by atoms with Crippen LogP contribution in [-0.2, 0) is 30.8 Å². The number of ether oxygens (including phenoxy) is 1. The molecule has 1 unspecified atom stereocenters. The van der Waals surface area contributed by atoms with Crippen LogP contribution in [0.3, 0.4) is 0 Å². The fraction of sp³-hybridized carbons (Fsp3) is 0.333. The summed E-state index contributed by atoms with van der Waals surface area (Å²) in [7, 11) is 0. The van der Waals surface area contributed by atoms with Crippen LogP contribution < -0.4 is 0 Å². The van der Waals surface area contributed by atoms with E-state index in [0.29, 0.717) is 10.7 Å². The molecule has 1 atom stereocenters. The van der Waals surface area contributed by atoms with E-state index in [1.807, 2.05) is 0 Å². The molecule has 2 aromatic carbocycles. The van der Waals surface area contributed by atoms with Crippen LogP contribution in [0.4, 0.5) is 0 Å². The number of rotatable bonds is 2. The number of hydrogen-bond donors (Lipinski definition) is 0. The van der Waals surface area contributed by atoms with E-state index in [2.05, 4.69) is 58.4 Å². The fourth-order valence-electron chi connectivity index (χ4n) is 3.44. The van der Waals surface area contributed by atoms with Gasteiger partial charge in [-0.05, 0) is 46.6 Å². The van der Waals surface area contributed by atoms with Gasteiger partial charge in [0.05, 0.1) is 13.2 Å². The van der Waals surface area contributed by atoms with Crippen LogP contribution in [0, 0.1) is 5.92 Å². The van der Waals surface area contributed by atoms with E-state index in [1.54, 1.807) is 0 Å². The molecule has 102 valence electrons. The van der Waals surface area contributed by atoms with Gasteiger partial charge >= 0.3 is 0 Å². The lowest BCUT2D eigenvalue weighted by Gasteiger charge is -2.18. The van der Waals surface area contributed by atoms with Crippen LogP contribution in [-0.4, -0.2) is 0 Å². The Bertz CT molecular complexity index is 625. The van der Waals surface area contributed by atoms with Crippen LogP contribution in [0.25, 0.3) is 0 Å². The van der Waals surface area contributed by atoms with Gasteiger partial charge in [0, 0.05) is 4.83 Å². The van der Waals surface area contributed by atoms with Crippen LogP contribution in [0.15, 0.2) is 42.5 Å². The van der Waals surface area contributed by atoms with Gasteiger partial charge in [-0.15, -0.1) is 0 Å². The number of hydrogen-bond acceptors (Lipinski definition) is 1. The summed E-state index contributed by atoms with van der Waals surface area (Å²) in [5, 5.41) is 0. The molecular weight excluding hydrogens is 312 g/mol. The molecule has 0 bridgehead atoms. The van der Waals surface area contributed by atoms with E-state index in [4.69, 9.17) is 4.74 Å². The van der Waals surface area contributed by atoms with Gasteiger partial charge in [0.25, 0.3) is 0 Å². The van der Waals surface area contributed by atoms with Gasteiger partial charge in [0.2, 0.25) is 0 Å². The quantitative estimate of drug-likeness (QED) is 0.734. The summed E-state index contributed by atoms with van der Waals surface area (Å²) in [6.07, 6.45) is 2.36. The predicted octanol–water partition coefficient (Wildman–Crippen LogP) is 4.57. The Hall–Kier alpha value is -1.12. The van der Waals surface area contributed by atoms with Crippen LogP contribution in [0.2, 0.25) is 0 Å². The van der Waals surface area contributed by atoms with Crippen molar-refractivity contribution in [2.75, 3.05) is 0 Å². The summed E-state index contributed by atoms with van der Waals surface area (Å²) < 4.78 is 5.51. The van der Waals surface area contributed by atoms with E-state index < -0.39 is 0 Å². The summed E-state index contributed by atoms with van der Waals surface area (Å²) in [5.74, 6) is 0.660. The molecule has 1 nitrogen and oxygen atoms in total. The highest BCUT2D eigenvalue weighted by Gasteiger charge is 2.28. The van der Waals surface area contributed by atoms with Gasteiger partial charge in [0.1, 0.15) is 0 Å². The first-order chi connectivity index (χ1) is 9.81. The lowest BCUT2D eigenvalue weighted by Crippen LogP contribution is -2.08. The predicted molar refractivity (Wildman–Crippen MR) is 83.9 cm³/mol. The first kappa shape index (κ1) is 12.6. The third kappa shape index (κ3) is 2.11. The lowest BCUT2D eigenvalue weighted by molar-refractivity contribution is 0.134. The molecule has 0 saturated heterocycles. The zero-order chi connectivity index (χ0) is 13.5. The average Bonchev–Trinajstić information content (AvgIpc) is 3.11. The SMILES string of the molecule is BrC(c1ccc2c(c1)COC2)C1Cc2ccccc2C1. The van der Waals surface area contributed by atoms with Gasteiger partial charge in [-0.25, -0.2) is 0 Å². The largest absolute Gasteiger partial charge is 0.372 e. The highest BCUT2D eigenvalue weighted by molar-refractivity contribution is 9.09. The number of alkyl halides is 1. The average molecular weight is 329 g/mol. The van der Waals surface area contributed by atoms with Gasteiger partial charge < -0.3 is 4.74 Å². The van der Waals surface area contributed by atoms with E-state index in [1.165, 1.54) is 40.7 Å². The van der Waals surface area contributed by atoms with Gasteiger partial charge in [-0.2, -0.15) is 0 Å². The second kappa shape index (κ2) is 5.01. The van der Waals surface area contributed by atoms with Crippen molar-refractivity contribution in [3.05, 3.63) is 70.3 Å². The van der Waals surface area contributed by atoms with Crippen molar-refractivity contribution in [1.82, 2.24) is 0 Å². The maximum atomic E-state index is 5.51. The van der Waals surface area contributed by atoms with E-state index in [9.17, 15) is 0 Å². The van der Waals surface area contributed by atoms with Gasteiger partial charge in [-0.3, -0.25) is 0 Å². The van der Waals surface area contributed by atoms with Gasteiger partial charge in [-0.1, -0.05) is 58.4 Å². The molecule has 0 fully saturated rings. The van der Waals surface area contributed by atoms with Crippen molar-refractivity contribution in [2.24, 2.45) is 5.92 Å². The molecule has 0 spiro atoms. The third-order valence-corrected chi connectivity index (χ3v) is 5.84. The lowest BCUT2D eigenvalue weighted by atomic mass is 9.94. The Kier molecular flexibility index (Phi) is 3.16. The van der Waals surface area contributed by atoms with Crippen molar-refractivity contribution >= 4 is 15.9 Å². The maximum absolute atomic E-state index is 5.51. The molecule has 2 aromatic rings. The summed E-state index contributed by atoms with van der Waals surface area (Å²) in [6.45, 7) is 1.55. The van der Waals surface area contributed by atoms with Crippen molar-refractivity contribution in [1.29, 1.82) is 0 Å². The van der Waals surface area contributed by atoms with Crippen LogP contribution in [0.5, 0.6) is 0 Å². The second-order valence-corrected chi connectivity index (χ2v) is 6.85. The molecule has 1 aliphatic carbocycles. The Morgan fingerprint density at radius 2 is 1.60 bits per heavy atom. The molecule has 0 radical (unpaired) electrons. The van der Waals surface area contributed by atoms with Crippen molar-refractivity contribution in [3.63, 3.8) is 0 Å². The zero-order valence-electron chi connectivity index (χ0n) is 11.3. The topological polar surface area (TPSA) is 9.23 Å².